The van der Waals surface area contributed by atoms with Crippen LogP contribution in [-0.2, 0) is 6.54 Å². The van der Waals surface area contributed by atoms with Crippen LogP contribution in [0.3, 0.4) is 0 Å². The molecule has 2 aromatic carbocycles. The molecule has 0 N–H and O–H groups in total. The Morgan fingerprint density at radius 3 is 2.62 bits per heavy atom. The molecule has 4 heteroatoms. The SMILES string of the molecule is COc1ccc(/C=C2/CN(Cc3ccc(C=O)o3)c3ccccc32)cc1. The predicted octanol–water partition coefficient (Wildman–Crippen LogP) is 4.66. The van der Waals surface area contributed by atoms with E-state index in [1.54, 1.807) is 13.2 Å². The molecule has 4 rings (SSSR count). The lowest BCUT2D eigenvalue weighted by Gasteiger charge is -2.17. The summed E-state index contributed by atoms with van der Waals surface area (Å²) in [7, 11) is 1.67. The van der Waals surface area contributed by atoms with Crippen LogP contribution in [0, 0.1) is 0 Å². The third-order valence-electron chi connectivity index (χ3n) is 4.55. The van der Waals surface area contributed by atoms with Crippen molar-refractivity contribution in [3.63, 3.8) is 0 Å². The van der Waals surface area contributed by atoms with Gasteiger partial charge in [0, 0.05) is 17.8 Å². The number of hydrogen-bond acceptors (Lipinski definition) is 4. The van der Waals surface area contributed by atoms with Crippen molar-refractivity contribution in [1.82, 2.24) is 0 Å². The van der Waals surface area contributed by atoms with E-state index in [0.717, 1.165) is 29.9 Å². The van der Waals surface area contributed by atoms with Crippen molar-refractivity contribution in [3.8, 4) is 5.75 Å². The second kappa shape index (κ2) is 6.92. The van der Waals surface area contributed by atoms with Crippen molar-refractivity contribution in [2.45, 2.75) is 6.54 Å². The van der Waals surface area contributed by atoms with Gasteiger partial charge in [-0.3, -0.25) is 4.79 Å². The maximum absolute atomic E-state index is 10.8. The summed E-state index contributed by atoms with van der Waals surface area (Å²) in [5.41, 5.74) is 4.80. The number of carbonyl (C=O) groups is 1. The standard InChI is InChI=1S/C22H19NO3/c1-25-18-8-6-16(7-9-18)12-17-13-23(22-5-3-2-4-21(17)22)14-19-10-11-20(15-24)26-19/h2-12,15H,13-14H2,1H3/b17-12-. The first-order chi connectivity index (χ1) is 12.8. The minimum absolute atomic E-state index is 0.362. The highest BCUT2D eigenvalue weighted by Gasteiger charge is 2.24. The topological polar surface area (TPSA) is 42.7 Å². The number of para-hydroxylation sites is 1. The second-order valence-corrected chi connectivity index (χ2v) is 6.24. The second-order valence-electron chi connectivity index (χ2n) is 6.24. The van der Waals surface area contributed by atoms with E-state index in [2.05, 4.69) is 41.3 Å². The Bertz CT molecular complexity index is 954. The molecule has 0 amide bonds. The van der Waals surface area contributed by atoms with Gasteiger partial charge in [-0.2, -0.15) is 0 Å². The van der Waals surface area contributed by atoms with E-state index in [1.165, 1.54) is 16.8 Å². The van der Waals surface area contributed by atoms with E-state index in [1.807, 2.05) is 24.3 Å². The molecule has 0 aliphatic carbocycles. The Morgan fingerprint density at radius 1 is 1.08 bits per heavy atom. The van der Waals surface area contributed by atoms with Crippen LogP contribution in [0.15, 0.2) is 65.1 Å². The third-order valence-corrected chi connectivity index (χ3v) is 4.55. The fourth-order valence-electron chi connectivity index (χ4n) is 3.29. The number of ether oxygens (including phenoxy) is 1. The maximum Gasteiger partial charge on any atom is 0.185 e. The molecule has 1 aliphatic rings. The molecule has 0 fully saturated rings. The molecule has 1 aliphatic heterocycles. The molecule has 2 heterocycles. The van der Waals surface area contributed by atoms with Crippen LogP contribution in [0.1, 0.15) is 27.4 Å². The number of fused-ring (bicyclic) bond motifs is 1. The number of rotatable bonds is 5. The average Bonchev–Trinajstić information content (AvgIpc) is 3.28. The molecule has 0 radical (unpaired) electrons. The average molecular weight is 345 g/mol. The monoisotopic (exact) mass is 345 g/mol. The predicted molar refractivity (Wildman–Crippen MR) is 102 cm³/mol. The highest BCUT2D eigenvalue weighted by Crippen LogP contribution is 2.37. The van der Waals surface area contributed by atoms with Gasteiger partial charge in [-0.1, -0.05) is 30.3 Å². The highest BCUT2D eigenvalue weighted by atomic mass is 16.5. The van der Waals surface area contributed by atoms with Gasteiger partial charge in [-0.05, 0) is 47.5 Å². The zero-order valence-corrected chi connectivity index (χ0v) is 14.5. The third kappa shape index (κ3) is 3.14. The van der Waals surface area contributed by atoms with Crippen LogP contribution in [0.5, 0.6) is 5.75 Å². The van der Waals surface area contributed by atoms with Gasteiger partial charge < -0.3 is 14.1 Å². The molecule has 0 bridgehead atoms. The number of nitrogens with zero attached hydrogens (tertiary/aromatic N) is 1. The van der Waals surface area contributed by atoms with E-state index in [9.17, 15) is 4.79 Å². The van der Waals surface area contributed by atoms with Gasteiger partial charge in [0.15, 0.2) is 12.0 Å². The number of hydrogen-bond donors (Lipinski definition) is 0. The van der Waals surface area contributed by atoms with Crippen LogP contribution < -0.4 is 9.64 Å². The molecule has 0 atom stereocenters. The van der Waals surface area contributed by atoms with Crippen molar-refractivity contribution in [2.24, 2.45) is 0 Å². The smallest absolute Gasteiger partial charge is 0.185 e. The number of aldehydes is 1. The first-order valence-corrected chi connectivity index (χ1v) is 8.49. The summed E-state index contributed by atoms with van der Waals surface area (Å²) in [4.78, 5) is 13.1. The largest absolute Gasteiger partial charge is 0.497 e. The van der Waals surface area contributed by atoms with Crippen LogP contribution in [-0.4, -0.2) is 19.9 Å². The van der Waals surface area contributed by atoms with Gasteiger partial charge in [0.2, 0.25) is 0 Å². The summed E-state index contributed by atoms with van der Waals surface area (Å²) in [6.45, 7) is 1.42. The molecular formula is C22H19NO3. The first-order valence-electron chi connectivity index (χ1n) is 8.49. The number of furan rings is 1. The van der Waals surface area contributed by atoms with Crippen molar-refractivity contribution >= 4 is 23.6 Å². The molecule has 0 saturated heterocycles. The molecule has 0 spiro atoms. The molecule has 4 nitrogen and oxygen atoms in total. The summed E-state index contributed by atoms with van der Waals surface area (Å²) in [5, 5.41) is 0. The van der Waals surface area contributed by atoms with E-state index >= 15 is 0 Å². The molecule has 3 aromatic rings. The molecule has 1 aromatic heterocycles. The molecular weight excluding hydrogens is 326 g/mol. The van der Waals surface area contributed by atoms with Crippen LogP contribution >= 0.6 is 0 Å². The van der Waals surface area contributed by atoms with E-state index in [0.29, 0.717) is 12.3 Å². The van der Waals surface area contributed by atoms with Crippen molar-refractivity contribution < 1.29 is 13.9 Å². The number of benzene rings is 2. The zero-order valence-electron chi connectivity index (χ0n) is 14.5. The lowest BCUT2D eigenvalue weighted by Crippen LogP contribution is -2.18. The molecule has 0 saturated carbocycles. The Hall–Kier alpha value is -3.27. The van der Waals surface area contributed by atoms with E-state index in [4.69, 9.17) is 9.15 Å². The van der Waals surface area contributed by atoms with Gasteiger partial charge in [0.1, 0.15) is 11.5 Å². The Kier molecular flexibility index (Phi) is 4.32. The summed E-state index contributed by atoms with van der Waals surface area (Å²) >= 11 is 0. The van der Waals surface area contributed by atoms with E-state index < -0.39 is 0 Å². The van der Waals surface area contributed by atoms with Gasteiger partial charge in [-0.25, -0.2) is 0 Å². The van der Waals surface area contributed by atoms with Crippen LogP contribution in [0.25, 0.3) is 11.6 Å². The fourth-order valence-corrected chi connectivity index (χ4v) is 3.29. The Labute approximate surface area is 152 Å². The number of methoxy groups -OCH3 is 1. The minimum atomic E-state index is 0.362. The van der Waals surface area contributed by atoms with Gasteiger partial charge in [0.25, 0.3) is 0 Å². The summed E-state index contributed by atoms with van der Waals surface area (Å²) < 4.78 is 10.8. The van der Waals surface area contributed by atoms with Gasteiger partial charge in [0.05, 0.1) is 13.7 Å². The zero-order chi connectivity index (χ0) is 17.9. The Balaban J connectivity index is 1.63. The molecule has 130 valence electrons. The summed E-state index contributed by atoms with van der Waals surface area (Å²) in [6, 6.07) is 20.0. The summed E-state index contributed by atoms with van der Waals surface area (Å²) in [6.07, 6.45) is 2.94. The maximum atomic E-state index is 10.8. The Morgan fingerprint density at radius 2 is 1.88 bits per heavy atom. The molecule has 0 unspecified atom stereocenters. The quantitative estimate of drug-likeness (QED) is 0.631. The summed E-state index contributed by atoms with van der Waals surface area (Å²) in [5.74, 6) is 2.00. The first kappa shape index (κ1) is 16.2. The molecule has 26 heavy (non-hydrogen) atoms. The van der Waals surface area contributed by atoms with Crippen LogP contribution in [0.4, 0.5) is 5.69 Å². The normalized spacial score (nSPS) is 14.5. The number of anilines is 1. The van der Waals surface area contributed by atoms with Crippen LogP contribution in [0.2, 0.25) is 0 Å². The van der Waals surface area contributed by atoms with E-state index in [-0.39, 0.29) is 0 Å². The lowest BCUT2D eigenvalue weighted by atomic mass is 10.0. The van der Waals surface area contributed by atoms with Crippen molar-refractivity contribution in [2.75, 3.05) is 18.6 Å². The van der Waals surface area contributed by atoms with Crippen molar-refractivity contribution in [3.05, 3.63) is 83.3 Å². The number of carbonyl (C=O) groups excluding carboxylic acids is 1. The van der Waals surface area contributed by atoms with Gasteiger partial charge in [-0.15, -0.1) is 0 Å². The lowest BCUT2D eigenvalue weighted by molar-refractivity contribution is 0.109. The van der Waals surface area contributed by atoms with Crippen molar-refractivity contribution in [1.29, 1.82) is 0 Å². The van der Waals surface area contributed by atoms with Gasteiger partial charge >= 0.3 is 0 Å². The highest BCUT2D eigenvalue weighted by molar-refractivity contribution is 5.93. The minimum Gasteiger partial charge on any atom is -0.497 e. The fraction of sp³-hybridized carbons (Fsp3) is 0.136.